The highest BCUT2D eigenvalue weighted by atomic mass is 35.5. The number of benzene rings is 1. The van der Waals surface area contributed by atoms with Crippen molar-refractivity contribution in [2.45, 2.75) is 25.8 Å². The highest BCUT2D eigenvalue weighted by molar-refractivity contribution is 7.90. The van der Waals surface area contributed by atoms with E-state index < -0.39 is 9.84 Å². The lowest BCUT2D eigenvalue weighted by molar-refractivity contribution is 0.536. The fourth-order valence-corrected chi connectivity index (χ4v) is 2.98. The van der Waals surface area contributed by atoms with Gasteiger partial charge in [0.2, 0.25) is 0 Å². The molecule has 0 amide bonds. The third-order valence-corrected chi connectivity index (χ3v) is 4.07. The summed E-state index contributed by atoms with van der Waals surface area (Å²) < 4.78 is 22.2. The van der Waals surface area contributed by atoms with Gasteiger partial charge in [0, 0.05) is 23.1 Å². The highest BCUT2D eigenvalue weighted by Crippen LogP contribution is 2.23. The second-order valence-corrected chi connectivity index (χ2v) is 7.37. The van der Waals surface area contributed by atoms with Gasteiger partial charge < -0.3 is 5.32 Å². The molecule has 0 aliphatic carbocycles. The number of halogens is 1. The van der Waals surface area contributed by atoms with Crippen LogP contribution in [0.2, 0.25) is 5.02 Å². The first kappa shape index (κ1) is 15.5. The van der Waals surface area contributed by atoms with Crippen LogP contribution >= 0.6 is 11.6 Å². The van der Waals surface area contributed by atoms with Gasteiger partial charge in [-0.15, -0.1) is 0 Å². The van der Waals surface area contributed by atoms with Crippen molar-refractivity contribution >= 4 is 21.4 Å². The van der Waals surface area contributed by atoms with Crippen LogP contribution in [0.15, 0.2) is 18.2 Å². The molecular weight excluding hydrogens is 270 g/mol. The van der Waals surface area contributed by atoms with Crippen molar-refractivity contribution in [1.82, 2.24) is 5.32 Å². The SMILES string of the molecule is CNC(CCCS(C)(=O)=O)c1cc(C)cc(Cl)c1. The van der Waals surface area contributed by atoms with Gasteiger partial charge in [-0.1, -0.05) is 17.7 Å². The Labute approximate surface area is 114 Å². The summed E-state index contributed by atoms with van der Waals surface area (Å²) >= 11 is 6.03. The van der Waals surface area contributed by atoms with E-state index in [4.69, 9.17) is 11.6 Å². The lowest BCUT2D eigenvalue weighted by Gasteiger charge is -2.17. The molecule has 102 valence electrons. The maximum Gasteiger partial charge on any atom is 0.147 e. The van der Waals surface area contributed by atoms with Crippen LogP contribution in [-0.2, 0) is 9.84 Å². The van der Waals surface area contributed by atoms with E-state index in [0.717, 1.165) is 17.5 Å². The van der Waals surface area contributed by atoms with E-state index in [-0.39, 0.29) is 11.8 Å². The molecule has 0 fully saturated rings. The van der Waals surface area contributed by atoms with Crippen molar-refractivity contribution in [1.29, 1.82) is 0 Å². The third-order valence-electron chi connectivity index (χ3n) is 2.82. The zero-order chi connectivity index (χ0) is 13.8. The van der Waals surface area contributed by atoms with Gasteiger partial charge in [-0.05, 0) is 50.1 Å². The average Bonchev–Trinajstić information content (AvgIpc) is 2.21. The van der Waals surface area contributed by atoms with Gasteiger partial charge in [0.05, 0.1) is 0 Å². The summed E-state index contributed by atoms with van der Waals surface area (Å²) in [4.78, 5) is 0. The first-order valence-corrected chi connectivity index (χ1v) is 8.38. The van der Waals surface area contributed by atoms with Crippen molar-refractivity contribution in [2.75, 3.05) is 19.1 Å². The normalized spacial score (nSPS) is 13.6. The Hall–Kier alpha value is -0.580. The predicted octanol–water partition coefficient (Wildman–Crippen LogP) is 2.73. The van der Waals surface area contributed by atoms with Crippen LogP contribution in [0.5, 0.6) is 0 Å². The zero-order valence-electron chi connectivity index (χ0n) is 11.0. The molecule has 0 spiro atoms. The van der Waals surface area contributed by atoms with Crippen molar-refractivity contribution in [3.8, 4) is 0 Å². The Morgan fingerprint density at radius 1 is 1.33 bits per heavy atom. The minimum atomic E-state index is -2.88. The van der Waals surface area contributed by atoms with Crippen LogP contribution in [0.1, 0.15) is 30.0 Å². The van der Waals surface area contributed by atoms with E-state index in [9.17, 15) is 8.42 Å². The second-order valence-electron chi connectivity index (χ2n) is 4.68. The van der Waals surface area contributed by atoms with Crippen molar-refractivity contribution in [3.63, 3.8) is 0 Å². The van der Waals surface area contributed by atoms with Crippen LogP contribution in [0, 0.1) is 6.92 Å². The molecule has 0 aliphatic heterocycles. The Bertz CT molecular complexity index is 479. The molecule has 0 saturated carbocycles. The van der Waals surface area contributed by atoms with Gasteiger partial charge in [0.25, 0.3) is 0 Å². The highest BCUT2D eigenvalue weighted by Gasteiger charge is 2.11. The molecule has 0 heterocycles. The first-order valence-electron chi connectivity index (χ1n) is 5.94. The monoisotopic (exact) mass is 289 g/mol. The Morgan fingerprint density at radius 2 is 2.00 bits per heavy atom. The third kappa shape index (κ3) is 5.38. The summed E-state index contributed by atoms with van der Waals surface area (Å²) in [6.07, 6.45) is 2.70. The van der Waals surface area contributed by atoms with Gasteiger partial charge >= 0.3 is 0 Å². The molecule has 0 saturated heterocycles. The van der Waals surface area contributed by atoms with E-state index in [1.807, 2.05) is 26.1 Å². The minimum Gasteiger partial charge on any atom is -0.313 e. The molecule has 3 nitrogen and oxygen atoms in total. The minimum absolute atomic E-state index is 0.143. The lowest BCUT2D eigenvalue weighted by Crippen LogP contribution is -2.17. The van der Waals surface area contributed by atoms with Crippen LogP contribution in [0.3, 0.4) is 0 Å². The number of rotatable bonds is 6. The summed E-state index contributed by atoms with van der Waals surface area (Å²) in [6.45, 7) is 2.00. The number of sulfone groups is 1. The van der Waals surface area contributed by atoms with E-state index in [1.54, 1.807) is 0 Å². The van der Waals surface area contributed by atoms with Gasteiger partial charge in [-0.25, -0.2) is 8.42 Å². The topological polar surface area (TPSA) is 46.2 Å². The predicted molar refractivity (Wildman–Crippen MR) is 76.9 cm³/mol. The lowest BCUT2D eigenvalue weighted by atomic mass is 10.0. The standard InChI is InChI=1S/C13H20ClNO2S/c1-10-7-11(9-12(14)8-10)13(15-2)5-4-6-18(3,16)17/h7-9,13,15H,4-6H2,1-3H3. The molecular formula is C13H20ClNO2S. The molecule has 1 N–H and O–H groups in total. The summed E-state index contributed by atoms with van der Waals surface area (Å²) in [6, 6.07) is 6.06. The Balaban J connectivity index is 2.71. The molecule has 0 aliphatic rings. The van der Waals surface area contributed by atoms with Gasteiger partial charge in [-0.3, -0.25) is 0 Å². The van der Waals surface area contributed by atoms with E-state index in [1.165, 1.54) is 6.26 Å². The number of nitrogens with one attached hydrogen (secondary N) is 1. The summed E-state index contributed by atoms with van der Waals surface area (Å²) in [5.74, 6) is 0.227. The Kier molecular flexibility index (Phi) is 5.63. The largest absolute Gasteiger partial charge is 0.313 e. The zero-order valence-corrected chi connectivity index (χ0v) is 12.6. The first-order chi connectivity index (χ1) is 8.31. The number of hydrogen-bond donors (Lipinski definition) is 1. The quantitative estimate of drug-likeness (QED) is 0.876. The van der Waals surface area contributed by atoms with Gasteiger partial charge in [0.15, 0.2) is 0 Å². The van der Waals surface area contributed by atoms with Crippen molar-refractivity contribution < 1.29 is 8.42 Å². The van der Waals surface area contributed by atoms with E-state index >= 15 is 0 Å². The fraction of sp³-hybridized carbons (Fsp3) is 0.538. The molecule has 1 aromatic carbocycles. The fourth-order valence-electron chi connectivity index (χ4n) is 1.99. The molecule has 1 atom stereocenters. The molecule has 0 bridgehead atoms. The van der Waals surface area contributed by atoms with Gasteiger partial charge in [-0.2, -0.15) is 0 Å². The van der Waals surface area contributed by atoms with E-state index in [2.05, 4.69) is 11.4 Å². The Morgan fingerprint density at radius 3 is 2.50 bits per heavy atom. The van der Waals surface area contributed by atoms with Crippen molar-refractivity contribution in [3.05, 3.63) is 34.3 Å². The van der Waals surface area contributed by atoms with Crippen LogP contribution in [-0.4, -0.2) is 27.5 Å². The number of aryl methyl sites for hydroxylation is 1. The van der Waals surface area contributed by atoms with Crippen LogP contribution < -0.4 is 5.32 Å². The summed E-state index contributed by atoms with van der Waals surface area (Å²) in [5.41, 5.74) is 2.22. The molecule has 18 heavy (non-hydrogen) atoms. The molecule has 0 aromatic heterocycles. The summed E-state index contributed by atoms with van der Waals surface area (Å²) in [7, 11) is -1.00. The maximum absolute atomic E-state index is 11.1. The summed E-state index contributed by atoms with van der Waals surface area (Å²) in [5, 5.41) is 3.92. The molecule has 1 rings (SSSR count). The number of hydrogen-bond acceptors (Lipinski definition) is 3. The smallest absolute Gasteiger partial charge is 0.147 e. The van der Waals surface area contributed by atoms with E-state index in [0.29, 0.717) is 11.4 Å². The second kappa shape index (κ2) is 6.55. The van der Waals surface area contributed by atoms with Gasteiger partial charge in [0.1, 0.15) is 9.84 Å². The average molecular weight is 290 g/mol. The molecule has 5 heteroatoms. The van der Waals surface area contributed by atoms with Crippen LogP contribution in [0.25, 0.3) is 0 Å². The molecule has 1 aromatic rings. The van der Waals surface area contributed by atoms with Crippen molar-refractivity contribution in [2.24, 2.45) is 0 Å². The molecule has 0 radical (unpaired) electrons. The molecule has 1 unspecified atom stereocenters. The van der Waals surface area contributed by atoms with Crippen LogP contribution in [0.4, 0.5) is 0 Å². The maximum atomic E-state index is 11.1.